The summed E-state index contributed by atoms with van der Waals surface area (Å²) in [5, 5.41) is 2.41. The minimum Gasteiger partial charge on any atom is -0.263 e. The molecule has 0 saturated carbocycles. The minimum atomic E-state index is 1.15. The van der Waals surface area contributed by atoms with Crippen LogP contribution in [0.1, 0.15) is 11.1 Å². The molecule has 0 spiro atoms. The fourth-order valence-corrected chi connectivity index (χ4v) is 2.02. The maximum Gasteiger partial charge on any atom is 0.0346 e. The molecule has 3 aromatic rings. The molecule has 1 heterocycles. The van der Waals surface area contributed by atoms with E-state index in [1.807, 2.05) is 36.7 Å². The zero-order valence-electron chi connectivity index (χ0n) is 9.95. The van der Waals surface area contributed by atoms with Gasteiger partial charge in [-0.3, -0.25) is 4.98 Å². The van der Waals surface area contributed by atoms with E-state index < -0.39 is 0 Å². The van der Waals surface area contributed by atoms with Crippen LogP contribution in [0.5, 0.6) is 0 Å². The first-order valence-corrected chi connectivity index (χ1v) is 5.99. The predicted molar refractivity (Wildman–Crippen MR) is 77.1 cm³/mol. The Hall–Kier alpha value is -2.41. The third-order valence-corrected chi connectivity index (χ3v) is 2.95. The lowest BCUT2D eigenvalue weighted by molar-refractivity contribution is 1.35. The summed E-state index contributed by atoms with van der Waals surface area (Å²) in [6.07, 6.45) is 8.03. The second kappa shape index (κ2) is 4.84. The van der Waals surface area contributed by atoms with Crippen molar-refractivity contribution in [2.75, 3.05) is 0 Å². The Morgan fingerprint density at radius 3 is 2.39 bits per heavy atom. The number of hydrogen-bond donors (Lipinski definition) is 0. The van der Waals surface area contributed by atoms with Crippen molar-refractivity contribution in [3.63, 3.8) is 0 Å². The SMILES string of the molecule is C(=C\c1cncc2ccccc12)/c1ccccc1. The maximum atomic E-state index is 4.27. The van der Waals surface area contributed by atoms with Crippen LogP contribution in [0.3, 0.4) is 0 Å². The highest BCUT2D eigenvalue weighted by molar-refractivity contribution is 5.91. The average Bonchev–Trinajstić information content (AvgIpc) is 2.46. The quantitative estimate of drug-likeness (QED) is 0.636. The highest BCUT2D eigenvalue weighted by atomic mass is 14.6. The van der Waals surface area contributed by atoms with Gasteiger partial charge in [0, 0.05) is 23.3 Å². The summed E-state index contributed by atoms with van der Waals surface area (Å²) in [6, 6.07) is 18.6. The van der Waals surface area contributed by atoms with Gasteiger partial charge < -0.3 is 0 Å². The Balaban J connectivity index is 2.03. The molecule has 0 unspecified atom stereocenters. The summed E-state index contributed by atoms with van der Waals surface area (Å²) in [5.41, 5.74) is 2.35. The maximum absolute atomic E-state index is 4.27. The van der Waals surface area contributed by atoms with Crippen LogP contribution in [0, 0.1) is 0 Å². The number of pyridine rings is 1. The smallest absolute Gasteiger partial charge is 0.0346 e. The first-order chi connectivity index (χ1) is 8.93. The van der Waals surface area contributed by atoms with E-state index in [9.17, 15) is 0 Å². The number of nitrogens with zero attached hydrogens (tertiary/aromatic N) is 1. The van der Waals surface area contributed by atoms with Crippen LogP contribution in [0.4, 0.5) is 0 Å². The molecule has 18 heavy (non-hydrogen) atoms. The van der Waals surface area contributed by atoms with Crippen molar-refractivity contribution < 1.29 is 0 Å². The van der Waals surface area contributed by atoms with Crippen LogP contribution in [0.2, 0.25) is 0 Å². The number of aromatic nitrogens is 1. The summed E-state index contributed by atoms with van der Waals surface area (Å²) in [7, 11) is 0. The standard InChI is InChI=1S/C17H13N/c1-2-6-14(7-3-1)10-11-16-13-18-12-15-8-4-5-9-17(15)16/h1-13H/b11-10+. The molecule has 0 aliphatic heterocycles. The van der Waals surface area contributed by atoms with Crippen molar-refractivity contribution in [3.8, 4) is 0 Å². The van der Waals surface area contributed by atoms with E-state index >= 15 is 0 Å². The van der Waals surface area contributed by atoms with Crippen molar-refractivity contribution in [2.24, 2.45) is 0 Å². The molecule has 0 amide bonds. The predicted octanol–water partition coefficient (Wildman–Crippen LogP) is 4.41. The van der Waals surface area contributed by atoms with Crippen LogP contribution >= 0.6 is 0 Å². The third kappa shape index (κ3) is 2.16. The Morgan fingerprint density at radius 1 is 0.722 bits per heavy atom. The van der Waals surface area contributed by atoms with Crippen LogP contribution in [-0.2, 0) is 0 Å². The van der Waals surface area contributed by atoms with Crippen molar-refractivity contribution in [1.82, 2.24) is 4.98 Å². The van der Waals surface area contributed by atoms with Crippen LogP contribution in [0.25, 0.3) is 22.9 Å². The summed E-state index contributed by atoms with van der Waals surface area (Å²) in [5.74, 6) is 0. The molecule has 3 rings (SSSR count). The molecule has 1 nitrogen and oxygen atoms in total. The van der Waals surface area contributed by atoms with Crippen LogP contribution in [0.15, 0.2) is 67.0 Å². The number of rotatable bonds is 2. The van der Waals surface area contributed by atoms with E-state index in [0.717, 1.165) is 5.56 Å². The van der Waals surface area contributed by atoms with Gasteiger partial charge in [-0.25, -0.2) is 0 Å². The van der Waals surface area contributed by atoms with Gasteiger partial charge in [-0.05, 0) is 10.9 Å². The van der Waals surface area contributed by atoms with Gasteiger partial charge in [0.25, 0.3) is 0 Å². The molecule has 0 aliphatic rings. The van der Waals surface area contributed by atoms with Gasteiger partial charge >= 0.3 is 0 Å². The second-order valence-corrected chi connectivity index (χ2v) is 4.19. The highest BCUT2D eigenvalue weighted by Gasteiger charge is 1.96. The molecule has 1 aromatic heterocycles. The molecular weight excluding hydrogens is 218 g/mol. The van der Waals surface area contributed by atoms with Gasteiger partial charge in [0.15, 0.2) is 0 Å². The summed E-state index contributed by atoms with van der Waals surface area (Å²) in [4.78, 5) is 4.27. The fourth-order valence-electron chi connectivity index (χ4n) is 2.02. The average molecular weight is 231 g/mol. The monoisotopic (exact) mass is 231 g/mol. The number of hydrogen-bond acceptors (Lipinski definition) is 1. The summed E-state index contributed by atoms with van der Waals surface area (Å²) < 4.78 is 0. The molecule has 0 aliphatic carbocycles. The molecule has 0 bridgehead atoms. The van der Waals surface area contributed by atoms with E-state index in [0.29, 0.717) is 0 Å². The number of fused-ring (bicyclic) bond motifs is 1. The van der Waals surface area contributed by atoms with Crippen LogP contribution in [-0.4, -0.2) is 4.98 Å². The Labute approximate surface area is 106 Å². The molecule has 0 radical (unpaired) electrons. The molecule has 2 aromatic carbocycles. The normalized spacial score (nSPS) is 11.1. The summed E-state index contributed by atoms with van der Waals surface area (Å²) >= 11 is 0. The van der Waals surface area contributed by atoms with Crippen molar-refractivity contribution in [2.45, 2.75) is 0 Å². The van der Waals surface area contributed by atoms with Gasteiger partial charge in [0.05, 0.1) is 0 Å². The van der Waals surface area contributed by atoms with Crippen molar-refractivity contribution in [1.29, 1.82) is 0 Å². The van der Waals surface area contributed by atoms with E-state index in [-0.39, 0.29) is 0 Å². The Kier molecular flexibility index (Phi) is 2.89. The lowest BCUT2D eigenvalue weighted by atomic mass is 10.1. The Bertz CT molecular complexity index is 679. The molecule has 1 heteroatoms. The first kappa shape index (κ1) is 10.7. The second-order valence-electron chi connectivity index (χ2n) is 4.19. The van der Waals surface area contributed by atoms with Gasteiger partial charge in [0.1, 0.15) is 0 Å². The van der Waals surface area contributed by atoms with E-state index in [1.54, 1.807) is 0 Å². The van der Waals surface area contributed by atoms with Gasteiger partial charge in [0.2, 0.25) is 0 Å². The molecule has 0 N–H and O–H groups in total. The molecule has 0 saturated heterocycles. The topological polar surface area (TPSA) is 12.9 Å². The van der Waals surface area contributed by atoms with E-state index in [2.05, 4.69) is 47.5 Å². The van der Waals surface area contributed by atoms with Crippen molar-refractivity contribution in [3.05, 3.63) is 78.1 Å². The molecule has 0 fully saturated rings. The van der Waals surface area contributed by atoms with E-state index in [1.165, 1.54) is 16.3 Å². The summed E-state index contributed by atoms with van der Waals surface area (Å²) in [6.45, 7) is 0. The number of benzene rings is 2. The zero-order valence-corrected chi connectivity index (χ0v) is 9.95. The van der Waals surface area contributed by atoms with Crippen LogP contribution < -0.4 is 0 Å². The lowest BCUT2D eigenvalue weighted by Gasteiger charge is -2.00. The zero-order chi connectivity index (χ0) is 12.2. The third-order valence-electron chi connectivity index (χ3n) is 2.95. The molecular formula is C17H13N. The lowest BCUT2D eigenvalue weighted by Crippen LogP contribution is -1.80. The van der Waals surface area contributed by atoms with Gasteiger partial charge in [-0.1, -0.05) is 66.7 Å². The fraction of sp³-hybridized carbons (Fsp3) is 0. The molecule has 86 valence electrons. The van der Waals surface area contributed by atoms with Crippen molar-refractivity contribution >= 4 is 22.9 Å². The van der Waals surface area contributed by atoms with E-state index in [4.69, 9.17) is 0 Å². The molecule has 0 atom stereocenters. The highest BCUT2D eigenvalue weighted by Crippen LogP contribution is 2.19. The largest absolute Gasteiger partial charge is 0.263 e. The van der Waals surface area contributed by atoms with Gasteiger partial charge in [-0.2, -0.15) is 0 Å². The first-order valence-electron chi connectivity index (χ1n) is 5.99. The van der Waals surface area contributed by atoms with Gasteiger partial charge in [-0.15, -0.1) is 0 Å². The Morgan fingerprint density at radius 2 is 1.50 bits per heavy atom. The minimum absolute atomic E-state index is 1.15.